The van der Waals surface area contributed by atoms with E-state index in [2.05, 4.69) is 0 Å². The van der Waals surface area contributed by atoms with Crippen molar-refractivity contribution in [1.82, 2.24) is 0 Å². The number of carbonyl (C=O) groups is 1. The van der Waals surface area contributed by atoms with Crippen LogP contribution in [0.4, 0.5) is 0 Å². The maximum atomic E-state index is 12.7. The van der Waals surface area contributed by atoms with Crippen LogP contribution in [0.2, 0.25) is 10.0 Å². The number of para-hydroxylation sites is 1. The fraction of sp³-hybridized carbons (Fsp3) is 0.188. The zero-order valence-electron chi connectivity index (χ0n) is 10.6. The van der Waals surface area contributed by atoms with Gasteiger partial charge in [-0.15, -0.1) is 0 Å². The summed E-state index contributed by atoms with van der Waals surface area (Å²) < 4.78 is 5.58. The third-order valence-electron chi connectivity index (χ3n) is 3.42. The minimum Gasteiger partial charge on any atom is -0.493 e. The third-order valence-corrected chi connectivity index (χ3v) is 3.86. The highest BCUT2D eigenvalue weighted by atomic mass is 35.5. The summed E-state index contributed by atoms with van der Waals surface area (Å²) in [5.41, 5.74) is 1.48. The zero-order chi connectivity index (χ0) is 14.1. The van der Waals surface area contributed by atoms with Crippen LogP contribution in [0.25, 0.3) is 0 Å². The van der Waals surface area contributed by atoms with Gasteiger partial charge in [0.25, 0.3) is 0 Å². The second-order valence-electron chi connectivity index (χ2n) is 4.75. The third kappa shape index (κ3) is 2.54. The molecule has 102 valence electrons. The molecule has 20 heavy (non-hydrogen) atoms. The Morgan fingerprint density at radius 2 is 1.80 bits per heavy atom. The highest BCUT2D eigenvalue weighted by molar-refractivity contribution is 6.35. The van der Waals surface area contributed by atoms with Crippen molar-refractivity contribution in [3.05, 3.63) is 63.6 Å². The number of fused-ring (bicyclic) bond motifs is 1. The van der Waals surface area contributed by atoms with Gasteiger partial charge >= 0.3 is 0 Å². The Morgan fingerprint density at radius 3 is 2.55 bits per heavy atom. The predicted octanol–water partition coefficient (Wildman–Crippen LogP) is 4.74. The smallest absolute Gasteiger partial charge is 0.170 e. The molecule has 0 saturated carbocycles. The second kappa shape index (κ2) is 5.47. The van der Waals surface area contributed by atoms with Gasteiger partial charge in [0.05, 0.1) is 12.5 Å². The number of Topliss-reactive ketones (excluding diaryl/α,β-unsaturated/α-hetero) is 1. The average molecular weight is 307 g/mol. The molecule has 4 heteroatoms. The van der Waals surface area contributed by atoms with E-state index in [4.69, 9.17) is 27.9 Å². The largest absolute Gasteiger partial charge is 0.493 e. The highest BCUT2D eigenvalue weighted by Gasteiger charge is 2.28. The number of ether oxygens (including phenoxy) is 1. The first kappa shape index (κ1) is 13.5. The number of halogens is 2. The van der Waals surface area contributed by atoms with Crippen molar-refractivity contribution in [2.24, 2.45) is 0 Å². The van der Waals surface area contributed by atoms with Crippen LogP contribution in [0.5, 0.6) is 5.75 Å². The van der Waals surface area contributed by atoms with Gasteiger partial charge in [0.15, 0.2) is 5.78 Å². The van der Waals surface area contributed by atoms with Crippen LogP contribution >= 0.6 is 23.2 Å². The maximum absolute atomic E-state index is 12.7. The molecule has 2 nitrogen and oxygen atoms in total. The van der Waals surface area contributed by atoms with E-state index in [1.165, 1.54) is 0 Å². The first-order chi connectivity index (χ1) is 9.65. The Kier molecular flexibility index (Phi) is 3.68. The van der Waals surface area contributed by atoms with Gasteiger partial charge in [0, 0.05) is 21.2 Å². The van der Waals surface area contributed by atoms with E-state index in [0.717, 1.165) is 11.3 Å². The molecule has 0 aromatic heterocycles. The Bertz CT molecular complexity index is 647. The summed E-state index contributed by atoms with van der Waals surface area (Å²) in [4.78, 5) is 12.7. The van der Waals surface area contributed by atoms with Crippen molar-refractivity contribution >= 4 is 29.0 Å². The van der Waals surface area contributed by atoms with Crippen molar-refractivity contribution in [2.45, 2.75) is 12.3 Å². The van der Waals surface area contributed by atoms with Crippen LogP contribution in [0.1, 0.15) is 28.3 Å². The van der Waals surface area contributed by atoms with Crippen molar-refractivity contribution in [2.75, 3.05) is 6.61 Å². The summed E-state index contributed by atoms with van der Waals surface area (Å²) in [5.74, 6) is 0.616. The second-order valence-corrected chi connectivity index (χ2v) is 5.62. The lowest BCUT2D eigenvalue weighted by Crippen LogP contribution is -2.21. The summed E-state index contributed by atoms with van der Waals surface area (Å²) in [6.45, 7) is 0.543. The SMILES string of the molecule is O=C(c1cc(Cl)cc(Cl)c1)C1CCOc2ccccc21. The Balaban J connectivity index is 1.99. The zero-order valence-corrected chi connectivity index (χ0v) is 12.1. The molecule has 0 N–H and O–H groups in total. The lowest BCUT2D eigenvalue weighted by Gasteiger charge is -2.25. The number of hydrogen-bond donors (Lipinski definition) is 0. The van der Waals surface area contributed by atoms with Gasteiger partial charge in [-0.05, 0) is 30.7 Å². The van der Waals surface area contributed by atoms with Crippen LogP contribution in [0.3, 0.4) is 0 Å². The molecular formula is C16H12Cl2O2. The lowest BCUT2D eigenvalue weighted by atomic mass is 9.86. The molecule has 1 aliphatic heterocycles. The number of hydrogen-bond acceptors (Lipinski definition) is 2. The molecule has 0 bridgehead atoms. The molecule has 0 amide bonds. The number of carbonyl (C=O) groups excluding carboxylic acids is 1. The van der Waals surface area contributed by atoms with E-state index in [1.807, 2.05) is 24.3 Å². The molecule has 1 heterocycles. The molecule has 0 radical (unpaired) electrons. The van der Waals surface area contributed by atoms with E-state index in [9.17, 15) is 4.79 Å². The van der Waals surface area contributed by atoms with Crippen molar-refractivity contribution in [1.29, 1.82) is 0 Å². The Hall–Kier alpha value is -1.51. The topological polar surface area (TPSA) is 26.3 Å². The van der Waals surface area contributed by atoms with Crippen molar-refractivity contribution in [3.8, 4) is 5.75 Å². The van der Waals surface area contributed by atoms with Crippen LogP contribution in [-0.2, 0) is 0 Å². The van der Waals surface area contributed by atoms with E-state index in [-0.39, 0.29) is 11.7 Å². The molecule has 0 aliphatic carbocycles. The monoisotopic (exact) mass is 306 g/mol. The van der Waals surface area contributed by atoms with Gasteiger partial charge in [-0.2, -0.15) is 0 Å². The standard InChI is InChI=1S/C16H12Cl2O2/c17-11-7-10(8-12(18)9-11)16(19)14-5-6-20-15-4-2-1-3-13(14)15/h1-4,7-9,14H,5-6H2. The normalized spacial score (nSPS) is 17.2. The average Bonchev–Trinajstić information content (AvgIpc) is 2.45. The molecule has 1 aliphatic rings. The summed E-state index contributed by atoms with van der Waals surface area (Å²) in [6, 6.07) is 12.6. The van der Waals surface area contributed by atoms with Crippen LogP contribution < -0.4 is 4.74 Å². The molecule has 0 fully saturated rings. The predicted molar refractivity (Wildman–Crippen MR) is 80.1 cm³/mol. The van der Waals surface area contributed by atoms with Gasteiger partial charge in [-0.25, -0.2) is 0 Å². The first-order valence-electron chi connectivity index (χ1n) is 6.37. The number of rotatable bonds is 2. The highest BCUT2D eigenvalue weighted by Crippen LogP contribution is 2.36. The van der Waals surface area contributed by atoms with Crippen molar-refractivity contribution < 1.29 is 9.53 Å². The minimum absolute atomic E-state index is 0.0325. The van der Waals surface area contributed by atoms with Gasteiger partial charge in [-0.3, -0.25) is 4.79 Å². The number of benzene rings is 2. The maximum Gasteiger partial charge on any atom is 0.170 e. The Morgan fingerprint density at radius 1 is 1.10 bits per heavy atom. The summed E-state index contributed by atoms with van der Waals surface area (Å²) in [7, 11) is 0. The molecule has 2 aromatic carbocycles. The quantitative estimate of drug-likeness (QED) is 0.749. The fourth-order valence-corrected chi connectivity index (χ4v) is 3.04. The molecule has 2 aromatic rings. The molecule has 1 atom stereocenters. The molecule has 1 unspecified atom stereocenters. The van der Waals surface area contributed by atoms with Crippen LogP contribution in [-0.4, -0.2) is 12.4 Å². The molecular weight excluding hydrogens is 295 g/mol. The van der Waals surface area contributed by atoms with E-state index >= 15 is 0 Å². The molecule has 0 spiro atoms. The van der Waals surface area contributed by atoms with Gasteiger partial charge in [0.1, 0.15) is 5.75 Å². The molecule has 0 saturated heterocycles. The van der Waals surface area contributed by atoms with E-state index in [1.54, 1.807) is 18.2 Å². The minimum atomic E-state index is -0.200. The van der Waals surface area contributed by atoms with Gasteiger partial charge < -0.3 is 4.74 Å². The summed E-state index contributed by atoms with van der Waals surface area (Å²) >= 11 is 11.9. The Labute approximate surface area is 127 Å². The summed E-state index contributed by atoms with van der Waals surface area (Å²) in [5, 5.41) is 0.947. The summed E-state index contributed by atoms with van der Waals surface area (Å²) in [6.07, 6.45) is 0.667. The van der Waals surface area contributed by atoms with Crippen LogP contribution in [0, 0.1) is 0 Å². The van der Waals surface area contributed by atoms with Gasteiger partial charge in [0.2, 0.25) is 0 Å². The lowest BCUT2D eigenvalue weighted by molar-refractivity contribution is 0.0933. The van der Waals surface area contributed by atoms with Crippen LogP contribution in [0.15, 0.2) is 42.5 Å². The van der Waals surface area contributed by atoms with E-state index in [0.29, 0.717) is 28.6 Å². The van der Waals surface area contributed by atoms with E-state index < -0.39 is 0 Å². The molecule has 3 rings (SSSR count). The first-order valence-corrected chi connectivity index (χ1v) is 7.13. The van der Waals surface area contributed by atoms with Gasteiger partial charge in [-0.1, -0.05) is 41.4 Å². The number of ketones is 1. The fourth-order valence-electron chi connectivity index (χ4n) is 2.51. The van der Waals surface area contributed by atoms with Crippen molar-refractivity contribution in [3.63, 3.8) is 0 Å².